The molecule has 3 N–H and O–H groups in total. The van der Waals surface area contributed by atoms with Gasteiger partial charge in [0.25, 0.3) is 5.91 Å². The van der Waals surface area contributed by atoms with E-state index in [-0.39, 0.29) is 5.75 Å². The Labute approximate surface area is 177 Å². The number of benzene rings is 2. The van der Waals surface area contributed by atoms with E-state index in [1.165, 1.54) is 0 Å². The molecule has 1 aliphatic rings. The highest BCUT2D eigenvalue weighted by atomic mass is 32.2. The Morgan fingerprint density at radius 1 is 1.13 bits per heavy atom. The maximum Gasteiger partial charge on any atom is 0.250 e. The summed E-state index contributed by atoms with van der Waals surface area (Å²) in [6.45, 7) is 2.84. The summed E-state index contributed by atoms with van der Waals surface area (Å²) in [7, 11) is -3.12. The van der Waals surface area contributed by atoms with Crippen LogP contribution in [0.5, 0.6) is 0 Å². The highest BCUT2D eigenvalue weighted by Crippen LogP contribution is 2.32. The van der Waals surface area contributed by atoms with Crippen molar-refractivity contribution in [3.8, 4) is 11.1 Å². The number of rotatable bonds is 6. The summed E-state index contributed by atoms with van der Waals surface area (Å²) in [5, 5.41) is 1.01. The van der Waals surface area contributed by atoms with Gasteiger partial charge in [-0.05, 0) is 60.9 Å². The van der Waals surface area contributed by atoms with Gasteiger partial charge in [-0.3, -0.25) is 4.79 Å². The predicted molar refractivity (Wildman–Crippen MR) is 120 cm³/mol. The van der Waals surface area contributed by atoms with Gasteiger partial charge in [-0.25, -0.2) is 12.7 Å². The molecule has 30 heavy (non-hydrogen) atoms. The quantitative estimate of drug-likeness (QED) is 0.632. The number of sulfonamides is 1. The highest BCUT2D eigenvalue weighted by molar-refractivity contribution is 7.89. The Balaban J connectivity index is 1.63. The van der Waals surface area contributed by atoms with Crippen molar-refractivity contribution in [2.24, 2.45) is 11.7 Å². The Bertz CT molecular complexity index is 1160. The number of piperidine rings is 1. The highest BCUT2D eigenvalue weighted by Gasteiger charge is 2.27. The molecule has 7 heteroatoms. The van der Waals surface area contributed by atoms with E-state index in [1.54, 1.807) is 11.2 Å². The Hall–Kier alpha value is -2.64. The second-order valence-corrected chi connectivity index (χ2v) is 10.2. The average molecular weight is 426 g/mol. The molecule has 3 aromatic rings. The summed E-state index contributed by atoms with van der Waals surface area (Å²) in [5.41, 5.74) is 10.1. The molecule has 0 bridgehead atoms. The molecule has 1 aromatic heterocycles. The number of nitrogens with zero attached hydrogens (tertiary/aromatic N) is 1. The fourth-order valence-corrected chi connectivity index (χ4v) is 5.47. The summed E-state index contributed by atoms with van der Waals surface area (Å²) >= 11 is 0. The first-order valence-corrected chi connectivity index (χ1v) is 12.0. The standard InChI is InChI=1S/C23H27N3O3S/c1-2-30(28,29)26-10-8-16(9-11-26)12-19-15-25-22-20(19)13-18(14-21(22)23(24)27)17-6-4-3-5-7-17/h3-7,13-16,25H,2,8-12H2,1H3,(H2,24,27). The average Bonchev–Trinajstić information content (AvgIpc) is 3.16. The molecule has 1 aliphatic heterocycles. The lowest BCUT2D eigenvalue weighted by molar-refractivity contribution is 0.100. The molecule has 1 fully saturated rings. The van der Waals surface area contributed by atoms with Gasteiger partial charge in [0.1, 0.15) is 0 Å². The molecule has 0 spiro atoms. The Morgan fingerprint density at radius 3 is 2.47 bits per heavy atom. The monoisotopic (exact) mass is 425 g/mol. The van der Waals surface area contributed by atoms with Gasteiger partial charge in [-0.2, -0.15) is 0 Å². The van der Waals surface area contributed by atoms with Crippen LogP contribution in [0.4, 0.5) is 0 Å². The summed E-state index contributed by atoms with van der Waals surface area (Å²) in [5.74, 6) is 0.104. The zero-order chi connectivity index (χ0) is 21.3. The summed E-state index contributed by atoms with van der Waals surface area (Å²) in [6.07, 6.45) is 4.48. The van der Waals surface area contributed by atoms with Crippen molar-refractivity contribution in [1.29, 1.82) is 0 Å². The van der Waals surface area contributed by atoms with E-state index < -0.39 is 15.9 Å². The van der Waals surface area contributed by atoms with Crippen LogP contribution in [-0.2, 0) is 16.4 Å². The predicted octanol–water partition coefficient (Wildman–Crippen LogP) is 3.54. The molecule has 2 heterocycles. The number of carbonyl (C=O) groups is 1. The number of hydrogen-bond donors (Lipinski definition) is 2. The topological polar surface area (TPSA) is 96.3 Å². The Morgan fingerprint density at radius 2 is 1.83 bits per heavy atom. The fraction of sp³-hybridized carbons (Fsp3) is 0.348. The van der Waals surface area contributed by atoms with Crippen LogP contribution < -0.4 is 5.73 Å². The number of H-pyrrole nitrogens is 1. The van der Waals surface area contributed by atoms with E-state index in [0.717, 1.165) is 46.9 Å². The van der Waals surface area contributed by atoms with Crippen LogP contribution in [0.15, 0.2) is 48.7 Å². The van der Waals surface area contributed by atoms with Gasteiger partial charge in [-0.15, -0.1) is 0 Å². The lowest BCUT2D eigenvalue weighted by atomic mass is 9.90. The minimum absolute atomic E-state index is 0.151. The molecule has 158 valence electrons. The molecule has 1 amide bonds. The smallest absolute Gasteiger partial charge is 0.250 e. The van der Waals surface area contributed by atoms with Gasteiger partial charge in [0.05, 0.1) is 16.8 Å². The van der Waals surface area contributed by atoms with Gasteiger partial charge in [0.15, 0.2) is 0 Å². The molecule has 1 saturated heterocycles. The van der Waals surface area contributed by atoms with Crippen LogP contribution in [0.25, 0.3) is 22.0 Å². The first-order chi connectivity index (χ1) is 14.4. The molecule has 6 nitrogen and oxygen atoms in total. The van der Waals surface area contributed by atoms with E-state index in [0.29, 0.717) is 24.6 Å². The fourth-order valence-electron chi connectivity index (χ4n) is 4.33. The number of fused-ring (bicyclic) bond motifs is 1. The van der Waals surface area contributed by atoms with Gasteiger partial charge < -0.3 is 10.7 Å². The van der Waals surface area contributed by atoms with Gasteiger partial charge in [0.2, 0.25) is 10.0 Å². The van der Waals surface area contributed by atoms with Crippen molar-refractivity contribution in [2.75, 3.05) is 18.8 Å². The van der Waals surface area contributed by atoms with Crippen molar-refractivity contribution in [3.05, 3.63) is 59.8 Å². The largest absolute Gasteiger partial charge is 0.366 e. The van der Waals surface area contributed by atoms with Gasteiger partial charge in [0, 0.05) is 24.7 Å². The number of hydrogen-bond acceptors (Lipinski definition) is 3. The lowest BCUT2D eigenvalue weighted by Gasteiger charge is -2.30. The maximum atomic E-state index is 12.1. The van der Waals surface area contributed by atoms with Crippen LogP contribution in [0.2, 0.25) is 0 Å². The number of aromatic amines is 1. The molecular weight excluding hydrogens is 398 g/mol. The first-order valence-electron chi connectivity index (χ1n) is 10.4. The molecule has 0 radical (unpaired) electrons. The third-order valence-electron chi connectivity index (χ3n) is 6.09. The summed E-state index contributed by atoms with van der Waals surface area (Å²) < 4.78 is 25.8. The second-order valence-electron chi connectivity index (χ2n) is 7.94. The van der Waals surface area contributed by atoms with Crippen molar-refractivity contribution < 1.29 is 13.2 Å². The number of amides is 1. The molecule has 2 aromatic carbocycles. The number of nitrogens with two attached hydrogens (primary N) is 1. The first kappa shape index (κ1) is 20.6. The van der Waals surface area contributed by atoms with E-state index in [4.69, 9.17) is 5.73 Å². The molecule has 0 unspecified atom stereocenters. The zero-order valence-corrected chi connectivity index (χ0v) is 17.9. The number of aromatic nitrogens is 1. The molecule has 4 rings (SSSR count). The van der Waals surface area contributed by atoms with E-state index in [1.807, 2.05) is 42.6 Å². The van der Waals surface area contributed by atoms with E-state index in [2.05, 4.69) is 11.1 Å². The second kappa shape index (κ2) is 8.24. The van der Waals surface area contributed by atoms with Crippen LogP contribution in [-0.4, -0.2) is 42.5 Å². The van der Waals surface area contributed by atoms with Crippen LogP contribution >= 0.6 is 0 Å². The zero-order valence-electron chi connectivity index (χ0n) is 17.1. The summed E-state index contributed by atoms with van der Waals surface area (Å²) in [6, 6.07) is 13.9. The third kappa shape index (κ3) is 4.00. The normalized spacial score (nSPS) is 16.2. The number of primary amides is 1. The molecule has 0 atom stereocenters. The molecule has 0 saturated carbocycles. The maximum absolute atomic E-state index is 12.1. The third-order valence-corrected chi connectivity index (χ3v) is 7.97. The van der Waals surface area contributed by atoms with Crippen LogP contribution in [0.1, 0.15) is 35.7 Å². The summed E-state index contributed by atoms with van der Waals surface area (Å²) in [4.78, 5) is 15.3. The minimum Gasteiger partial charge on any atom is -0.366 e. The number of carbonyl (C=O) groups excluding carboxylic acids is 1. The molecule has 0 aliphatic carbocycles. The number of nitrogens with one attached hydrogen (secondary N) is 1. The lowest BCUT2D eigenvalue weighted by Crippen LogP contribution is -2.39. The SMILES string of the molecule is CCS(=O)(=O)N1CCC(Cc2c[nH]c3c(C(N)=O)cc(-c4ccccc4)cc23)CC1. The minimum atomic E-state index is -3.12. The van der Waals surface area contributed by atoms with E-state index >= 15 is 0 Å². The van der Waals surface area contributed by atoms with Gasteiger partial charge >= 0.3 is 0 Å². The van der Waals surface area contributed by atoms with Crippen molar-refractivity contribution in [1.82, 2.24) is 9.29 Å². The van der Waals surface area contributed by atoms with Crippen LogP contribution in [0, 0.1) is 5.92 Å². The van der Waals surface area contributed by atoms with E-state index in [9.17, 15) is 13.2 Å². The van der Waals surface area contributed by atoms with Crippen molar-refractivity contribution >= 4 is 26.8 Å². The van der Waals surface area contributed by atoms with Crippen molar-refractivity contribution in [3.63, 3.8) is 0 Å². The Kier molecular flexibility index (Phi) is 5.66. The van der Waals surface area contributed by atoms with Crippen molar-refractivity contribution in [2.45, 2.75) is 26.2 Å². The van der Waals surface area contributed by atoms with Crippen LogP contribution in [0.3, 0.4) is 0 Å². The molecular formula is C23H27N3O3S. The van der Waals surface area contributed by atoms with Gasteiger partial charge in [-0.1, -0.05) is 30.3 Å².